The SMILES string of the molecule is Cc1cccnc1OCC(=P)OCc1ccccn1. The monoisotopic (exact) mass is 274 g/mol. The summed E-state index contributed by atoms with van der Waals surface area (Å²) in [5.74, 6) is 0.611. The third-order valence-corrected chi connectivity index (χ3v) is 2.71. The molecule has 0 saturated heterocycles. The number of ether oxygens (including phenoxy) is 2. The molecule has 2 aromatic rings. The quantitative estimate of drug-likeness (QED) is 0.760. The normalized spacial score (nSPS) is 10.2. The second-order valence-electron chi connectivity index (χ2n) is 3.95. The van der Waals surface area contributed by atoms with E-state index >= 15 is 0 Å². The molecule has 5 heteroatoms. The minimum absolute atomic E-state index is 0.307. The van der Waals surface area contributed by atoms with Crippen molar-refractivity contribution in [3.05, 3.63) is 54.0 Å². The maximum absolute atomic E-state index is 5.54. The summed E-state index contributed by atoms with van der Waals surface area (Å²) in [4.78, 5) is 8.31. The first-order valence-electron chi connectivity index (χ1n) is 5.90. The molecule has 0 aromatic carbocycles. The number of hydrogen-bond acceptors (Lipinski definition) is 4. The zero-order valence-electron chi connectivity index (χ0n) is 10.7. The molecule has 0 aliphatic carbocycles. The predicted molar refractivity (Wildman–Crippen MR) is 76.8 cm³/mol. The van der Waals surface area contributed by atoms with Crippen molar-refractivity contribution in [2.24, 2.45) is 0 Å². The van der Waals surface area contributed by atoms with Crippen LogP contribution in [0.3, 0.4) is 0 Å². The van der Waals surface area contributed by atoms with E-state index in [1.807, 2.05) is 37.3 Å². The van der Waals surface area contributed by atoms with Gasteiger partial charge < -0.3 is 9.47 Å². The Balaban J connectivity index is 1.78. The summed E-state index contributed by atoms with van der Waals surface area (Å²) >= 11 is 0. The fraction of sp³-hybridized carbons (Fsp3) is 0.214. The first kappa shape index (κ1) is 13.7. The van der Waals surface area contributed by atoms with Crippen molar-refractivity contribution in [3.63, 3.8) is 0 Å². The van der Waals surface area contributed by atoms with Crippen molar-refractivity contribution in [1.29, 1.82) is 0 Å². The highest BCUT2D eigenvalue weighted by atomic mass is 31.0. The summed E-state index contributed by atoms with van der Waals surface area (Å²) in [5, 5.41) is 0. The fourth-order valence-electron chi connectivity index (χ4n) is 1.44. The van der Waals surface area contributed by atoms with Crippen LogP contribution in [0.4, 0.5) is 0 Å². The van der Waals surface area contributed by atoms with Crippen molar-refractivity contribution < 1.29 is 9.47 Å². The van der Waals surface area contributed by atoms with Gasteiger partial charge >= 0.3 is 0 Å². The van der Waals surface area contributed by atoms with Gasteiger partial charge in [0, 0.05) is 18.0 Å². The molecule has 0 radical (unpaired) electrons. The van der Waals surface area contributed by atoms with E-state index in [2.05, 4.69) is 18.8 Å². The van der Waals surface area contributed by atoms with Gasteiger partial charge in [0.05, 0.1) is 12.3 Å². The van der Waals surface area contributed by atoms with E-state index in [1.54, 1.807) is 12.4 Å². The Morgan fingerprint density at radius 2 is 2.00 bits per heavy atom. The average molecular weight is 274 g/mol. The van der Waals surface area contributed by atoms with Crippen LogP contribution in [-0.4, -0.2) is 22.1 Å². The lowest BCUT2D eigenvalue weighted by molar-refractivity contribution is 0.254. The van der Waals surface area contributed by atoms with E-state index < -0.39 is 0 Å². The second kappa shape index (κ2) is 6.98. The van der Waals surface area contributed by atoms with Crippen LogP contribution in [0.1, 0.15) is 11.3 Å². The van der Waals surface area contributed by atoms with Gasteiger partial charge in [-0.3, -0.25) is 4.98 Å². The molecule has 2 heterocycles. The van der Waals surface area contributed by atoms with Crippen LogP contribution >= 0.6 is 8.86 Å². The Kier molecular flexibility index (Phi) is 5.01. The van der Waals surface area contributed by atoms with Crippen molar-refractivity contribution in [1.82, 2.24) is 9.97 Å². The van der Waals surface area contributed by atoms with Crippen molar-refractivity contribution in [3.8, 4) is 5.88 Å². The van der Waals surface area contributed by atoms with Gasteiger partial charge in [0.25, 0.3) is 0 Å². The summed E-state index contributed by atoms with van der Waals surface area (Å²) in [6.07, 6.45) is 3.43. The number of pyridine rings is 2. The van der Waals surface area contributed by atoms with E-state index in [1.165, 1.54) is 0 Å². The van der Waals surface area contributed by atoms with Crippen LogP contribution < -0.4 is 4.74 Å². The van der Waals surface area contributed by atoms with E-state index in [0.29, 0.717) is 24.6 Å². The third-order valence-electron chi connectivity index (χ3n) is 2.42. The Labute approximate surface area is 114 Å². The molecule has 0 aliphatic heterocycles. The topological polar surface area (TPSA) is 44.2 Å². The summed E-state index contributed by atoms with van der Waals surface area (Å²) in [5.41, 5.74) is 2.47. The largest absolute Gasteiger partial charge is 0.470 e. The molecular formula is C14H15N2O2P. The predicted octanol–water partition coefficient (Wildman–Crippen LogP) is 2.65. The molecule has 0 fully saturated rings. The zero-order chi connectivity index (χ0) is 13.5. The molecule has 2 aromatic heterocycles. The molecule has 0 saturated carbocycles. The van der Waals surface area contributed by atoms with E-state index in [4.69, 9.17) is 9.47 Å². The van der Waals surface area contributed by atoms with Gasteiger partial charge in [0.2, 0.25) is 5.88 Å². The smallest absolute Gasteiger partial charge is 0.216 e. The summed E-state index contributed by atoms with van der Waals surface area (Å²) in [6.45, 7) is 2.66. The van der Waals surface area contributed by atoms with E-state index in [0.717, 1.165) is 11.3 Å². The van der Waals surface area contributed by atoms with E-state index in [9.17, 15) is 0 Å². The van der Waals surface area contributed by atoms with Crippen LogP contribution in [-0.2, 0) is 11.3 Å². The molecular weight excluding hydrogens is 259 g/mol. The molecule has 0 spiro atoms. The highest BCUT2D eigenvalue weighted by molar-refractivity contribution is 7.20. The molecule has 0 unspecified atom stereocenters. The highest BCUT2D eigenvalue weighted by Gasteiger charge is 2.03. The van der Waals surface area contributed by atoms with Gasteiger partial charge in [-0.25, -0.2) is 4.98 Å². The summed E-state index contributed by atoms with van der Waals surface area (Å²) in [7, 11) is 3.38. The van der Waals surface area contributed by atoms with Crippen molar-refractivity contribution >= 4 is 14.3 Å². The lowest BCUT2D eigenvalue weighted by atomic mass is 10.3. The molecule has 2 rings (SSSR count). The number of nitrogens with zero attached hydrogens (tertiary/aromatic N) is 2. The molecule has 0 amide bonds. The van der Waals surface area contributed by atoms with Gasteiger partial charge in [0.1, 0.15) is 12.1 Å². The minimum atomic E-state index is 0.307. The minimum Gasteiger partial charge on any atom is -0.470 e. The first-order chi connectivity index (χ1) is 9.25. The lowest BCUT2D eigenvalue weighted by Gasteiger charge is -2.09. The number of aromatic nitrogens is 2. The lowest BCUT2D eigenvalue weighted by Crippen LogP contribution is -2.13. The van der Waals surface area contributed by atoms with Gasteiger partial charge in [-0.2, -0.15) is 0 Å². The first-order valence-corrected chi connectivity index (χ1v) is 6.40. The standard InChI is InChI=1S/C14H15N2O2P/c1-11-5-4-8-16-14(11)18-10-13(19)17-9-12-6-2-3-7-15-12/h2-8,19H,9-10H2,1H3. The van der Waals surface area contributed by atoms with Crippen LogP contribution in [0, 0.1) is 6.92 Å². The van der Waals surface area contributed by atoms with E-state index in [-0.39, 0.29) is 0 Å². The third kappa shape index (κ3) is 4.43. The fourth-order valence-corrected chi connectivity index (χ4v) is 1.59. The van der Waals surface area contributed by atoms with Crippen LogP contribution in [0.25, 0.3) is 0 Å². The van der Waals surface area contributed by atoms with Crippen molar-refractivity contribution in [2.75, 3.05) is 6.61 Å². The number of hydrogen-bond donors (Lipinski definition) is 0. The van der Waals surface area contributed by atoms with Gasteiger partial charge in [-0.05, 0) is 25.1 Å². The van der Waals surface area contributed by atoms with Gasteiger partial charge in [-0.15, -0.1) is 0 Å². The zero-order valence-corrected chi connectivity index (χ0v) is 11.7. The highest BCUT2D eigenvalue weighted by Crippen LogP contribution is 2.12. The molecule has 0 atom stereocenters. The van der Waals surface area contributed by atoms with Gasteiger partial charge in [0.15, 0.2) is 0 Å². The van der Waals surface area contributed by atoms with Crippen molar-refractivity contribution in [2.45, 2.75) is 13.5 Å². The summed E-state index contributed by atoms with van der Waals surface area (Å²) < 4.78 is 11.0. The molecule has 0 N–H and O–H groups in total. The Morgan fingerprint density at radius 1 is 1.16 bits per heavy atom. The Bertz CT molecular complexity index is 546. The molecule has 98 valence electrons. The number of rotatable bonds is 6. The molecule has 0 aliphatic rings. The van der Waals surface area contributed by atoms with Crippen LogP contribution in [0.2, 0.25) is 0 Å². The second-order valence-corrected chi connectivity index (χ2v) is 4.50. The molecule has 19 heavy (non-hydrogen) atoms. The number of aryl methyl sites for hydroxylation is 1. The Hall–Kier alpha value is -1.77. The summed E-state index contributed by atoms with van der Waals surface area (Å²) in [6, 6.07) is 9.52. The van der Waals surface area contributed by atoms with Gasteiger partial charge in [-0.1, -0.05) is 21.0 Å². The maximum atomic E-state index is 5.54. The average Bonchev–Trinajstić information content (AvgIpc) is 2.45. The molecule has 4 nitrogen and oxygen atoms in total. The Morgan fingerprint density at radius 3 is 2.74 bits per heavy atom. The molecule has 0 bridgehead atoms. The maximum Gasteiger partial charge on any atom is 0.216 e. The van der Waals surface area contributed by atoms with Crippen LogP contribution in [0.15, 0.2) is 42.7 Å². The van der Waals surface area contributed by atoms with Crippen LogP contribution in [0.5, 0.6) is 5.88 Å².